The minimum absolute atomic E-state index is 0.116. The average Bonchev–Trinajstić information content (AvgIpc) is 3.07. The third kappa shape index (κ3) is 2.81. The van der Waals surface area contributed by atoms with Gasteiger partial charge in [-0.15, -0.1) is 0 Å². The molecule has 1 aliphatic heterocycles. The zero-order chi connectivity index (χ0) is 18.1. The number of Topliss-reactive ketones (excluding diaryl/α,β-unsaturated/α-hetero) is 1. The van der Waals surface area contributed by atoms with Crippen molar-refractivity contribution in [1.29, 1.82) is 0 Å². The topological polar surface area (TPSA) is 53.2 Å². The molecule has 0 spiro atoms. The molecule has 1 N–H and O–H groups in total. The number of fused-ring (bicyclic) bond motifs is 1. The van der Waals surface area contributed by atoms with Crippen molar-refractivity contribution in [2.24, 2.45) is 0 Å². The summed E-state index contributed by atoms with van der Waals surface area (Å²) in [7, 11) is 0. The van der Waals surface area contributed by atoms with E-state index < -0.39 is 5.78 Å². The number of hydrogen-bond donors (Lipinski definition) is 1. The monoisotopic (exact) mass is 346 g/mol. The van der Waals surface area contributed by atoms with Crippen LogP contribution in [0.5, 0.6) is 0 Å². The van der Waals surface area contributed by atoms with Gasteiger partial charge in [0.05, 0.1) is 11.3 Å². The van der Waals surface area contributed by atoms with Crippen molar-refractivity contribution in [3.05, 3.63) is 60.2 Å². The fourth-order valence-corrected chi connectivity index (χ4v) is 3.84. The molecule has 1 atom stereocenters. The van der Waals surface area contributed by atoms with Crippen LogP contribution in [0.2, 0.25) is 0 Å². The fourth-order valence-electron chi connectivity index (χ4n) is 3.84. The zero-order valence-corrected chi connectivity index (χ0v) is 14.9. The molecular weight excluding hydrogens is 324 g/mol. The Kier molecular flexibility index (Phi) is 4.33. The Labute approximate surface area is 152 Å². The number of nitrogens with zero attached hydrogens (tertiary/aromatic N) is 1. The number of carbonyl (C=O) groups is 2. The van der Waals surface area contributed by atoms with Gasteiger partial charge in [-0.05, 0) is 37.8 Å². The van der Waals surface area contributed by atoms with Crippen molar-refractivity contribution in [2.45, 2.75) is 32.2 Å². The molecule has 4 heteroatoms. The molecular formula is C22H22N2O2. The van der Waals surface area contributed by atoms with Crippen LogP contribution in [0.3, 0.4) is 0 Å². The highest BCUT2D eigenvalue weighted by Gasteiger charge is 2.32. The molecule has 0 saturated carbocycles. The third-order valence-corrected chi connectivity index (χ3v) is 5.25. The standard InChI is InChI=1S/C22H22N2O2/c1-15-9-7-8-14-24(15)22(26)21(25)19-17-12-5-6-13-18(17)23-20(19)16-10-3-2-4-11-16/h2-6,10-13,15,23H,7-9,14H2,1H3. The van der Waals surface area contributed by atoms with Crippen molar-refractivity contribution < 1.29 is 9.59 Å². The van der Waals surface area contributed by atoms with Crippen molar-refractivity contribution in [3.8, 4) is 11.3 Å². The number of benzene rings is 2. The summed E-state index contributed by atoms with van der Waals surface area (Å²) in [6.07, 6.45) is 3.03. The van der Waals surface area contributed by atoms with E-state index in [4.69, 9.17) is 0 Å². The lowest BCUT2D eigenvalue weighted by Crippen LogP contribution is -2.45. The summed E-state index contributed by atoms with van der Waals surface area (Å²) in [4.78, 5) is 31.3. The normalized spacial score (nSPS) is 17.4. The second kappa shape index (κ2) is 6.79. The van der Waals surface area contributed by atoms with E-state index in [1.54, 1.807) is 4.90 Å². The molecule has 1 unspecified atom stereocenters. The number of amides is 1. The van der Waals surface area contributed by atoms with Gasteiger partial charge in [-0.3, -0.25) is 9.59 Å². The number of para-hydroxylation sites is 1. The lowest BCUT2D eigenvalue weighted by atomic mass is 9.98. The van der Waals surface area contributed by atoms with E-state index in [1.807, 2.05) is 61.5 Å². The average molecular weight is 346 g/mol. The van der Waals surface area contributed by atoms with E-state index in [0.717, 1.165) is 41.4 Å². The molecule has 4 nitrogen and oxygen atoms in total. The lowest BCUT2D eigenvalue weighted by Gasteiger charge is -2.32. The Morgan fingerprint density at radius 2 is 1.73 bits per heavy atom. The van der Waals surface area contributed by atoms with E-state index in [-0.39, 0.29) is 11.9 Å². The van der Waals surface area contributed by atoms with Gasteiger partial charge in [-0.25, -0.2) is 0 Å². The number of piperidine rings is 1. The van der Waals surface area contributed by atoms with Gasteiger partial charge in [0.2, 0.25) is 0 Å². The summed E-state index contributed by atoms with van der Waals surface area (Å²) < 4.78 is 0. The highest BCUT2D eigenvalue weighted by Crippen LogP contribution is 2.31. The van der Waals surface area contributed by atoms with Gasteiger partial charge in [0.25, 0.3) is 11.7 Å². The number of rotatable bonds is 3. The first-order valence-electron chi connectivity index (χ1n) is 9.18. The van der Waals surface area contributed by atoms with Gasteiger partial charge in [0.1, 0.15) is 0 Å². The maximum atomic E-state index is 13.2. The van der Waals surface area contributed by atoms with Gasteiger partial charge in [-0.1, -0.05) is 48.5 Å². The Balaban J connectivity index is 1.82. The van der Waals surface area contributed by atoms with Crippen molar-refractivity contribution in [3.63, 3.8) is 0 Å². The van der Waals surface area contributed by atoms with Crippen LogP contribution < -0.4 is 0 Å². The van der Waals surface area contributed by atoms with E-state index in [9.17, 15) is 9.59 Å². The number of ketones is 1. The van der Waals surface area contributed by atoms with E-state index in [1.165, 1.54) is 0 Å². The number of likely N-dealkylation sites (tertiary alicyclic amines) is 1. The number of H-pyrrole nitrogens is 1. The molecule has 1 aliphatic rings. The number of aromatic nitrogens is 1. The molecule has 2 aromatic carbocycles. The van der Waals surface area contributed by atoms with Gasteiger partial charge in [0.15, 0.2) is 0 Å². The highest BCUT2D eigenvalue weighted by molar-refractivity contribution is 6.46. The summed E-state index contributed by atoms with van der Waals surface area (Å²) in [5.74, 6) is -0.811. The molecule has 0 aliphatic carbocycles. The van der Waals surface area contributed by atoms with Crippen LogP contribution >= 0.6 is 0 Å². The Morgan fingerprint density at radius 1 is 1.00 bits per heavy atom. The molecule has 132 valence electrons. The number of hydrogen-bond acceptors (Lipinski definition) is 2. The fraction of sp³-hybridized carbons (Fsp3) is 0.273. The predicted octanol–water partition coefficient (Wildman–Crippen LogP) is 4.42. The predicted molar refractivity (Wildman–Crippen MR) is 103 cm³/mol. The molecule has 1 saturated heterocycles. The zero-order valence-electron chi connectivity index (χ0n) is 14.9. The minimum atomic E-state index is -0.421. The van der Waals surface area contributed by atoms with Crippen LogP contribution in [0.4, 0.5) is 0 Å². The lowest BCUT2D eigenvalue weighted by molar-refractivity contribution is -0.129. The number of aromatic amines is 1. The van der Waals surface area contributed by atoms with Crippen LogP contribution in [0.15, 0.2) is 54.6 Å². The molecule has 3 aromatic rings. The summed E-state index contributed by atoms with van der Waals surface area (Å²) in [5, 5.41) is 0.800. The van der Waals surface area contributed by atoms with Crippen LogP contribution in [0.25, 0.3) is 22.2 Å². The SMILES string of the molecule is CC1CCCCN1C(=O)C(=O)c1c(-c2ccccc2)[nH]c2ccccc12. The van der Waals surface area contributed by atoms with E-state index in [2.05, 4.69) is 4.98 Å². The van der Waals surface area contributed by atoms with Crippen LogP contribution in [0, 0.1) is 0 Å². The maximum absolute atomic E-state index is 13.2. The van der Waals surface area contributed by atoms with Crippen LogP contribution in [0.1, 0.15) is 36.5 Å². The summed E-state index contributed by atoms with van der Waals surface area (Å²) in [6.45, 7) is 2.69. The first kappa shape index (κ1) is 16.6. The van der Waals surface area contributed by atoms with Gasteiger partial charge in [-0.2, -0.15) is 0 Å². The van der Waals surface area contributed by atoms with Gasteiger partial charge < -0.3 is 9.88 Å². The van der Waals surface area contributed by atoms with Crippen LogP contribution in [-0.4, -0.2) is 34.2 Å². The van der Waals surface area contributed by atoms with Crippen molar-refractivity contribution >= 4 is 22.6 Å². The number of nitrogens with one attached hydrogen (secondary N) is 1. The van der Waals surface area contributed by atoms with Gasteiger partial charge >= 0.3 is 0 Å². The van der Waals surface area contributed by atoms with E-state index >= 15 is 0 Å². The van der Waals surface area contributed by atoms with E-state index in [0.29, 0.717) is 12.1 Å². The van der Waals surface area contributed by atoms with Crippen LogP contribution in [-0.2, 0) is 4.79 Å². The van der Waals surface area contributed by atoms with Crippen molar-refractivity contribution in [1.82, 2.24) is 9.88 Å². The summed E-state index contributed by atoms with van der Waals surface area (Å²) in [5.41, 5.74) is 2.98. The molecule has 0 radical (unpaired) electrons. The molecule has 2 heterocycles. The molecule has 1 fully saturated rings. The Hall–Kier alpha value is -2.88. The molecule has 1 amide bonds. The largest absolute Gasteiger partial charge is 0.354 e. The molecule has 1 aromatic heterocycles. The quantitative estimate of drug-likeness (QED) is 0.564. The summed E-state index contributed by atoms with van der Waals surface area (Å²) in [6, 6.07) is 17.5. The second-order valence-corrected chi connectivity index (χ2v) is 6.96. The first-order valence-corrected chi connectivity index (χ1v) is 9.18. The highest BCUT2D eigenvalue weighted by atomic mass is 16.2. The smallest absolute Gasteiger partial charge is 0.295 e. The van der Waals surface area contributed by atoms with Crippen molar-refractivity contribution in [2.75, 3.05) is 6.54 Å². The molecule has 0 bridgehead atoms. The number of carbonyl (C=O) groups excluding carboxylic acids is 2. The first-order chi connectivity index (χ1) is 12.7. The molecule has 4 rings (SSSR count). The minimum Gasteiger partial charge on any atom is -0.354 e. The van der Waals surface area contributed by atoms with Gasteiger partial charge in [0, 0.05) is 23.5 Å². The third-order valence-electron chi connectivity index (χ3n) is 5.25. The summed E-state index contributed by atoms with van der Waals surface area (Å²) >= 11 is 0. The Bertz CT molecular complexity index is 959. The second-order valence-electron chi connectivity index (χ2n) is 6.96. The maximum Gasteiger partial charge on any atom is 0.295 e. The Morgan fingerprint density at radius 3 is 2.50 bits per heavy atom. The molecule has 26 heavy (non-hydrogen) atoms.